The summed E-state index contributed by atoms with van der Waals surface area (Å²) in [7, 11) is 0. The molecule has 0 amide bonds. The highest BCUT2D eigenvalue weighted by Crippen LogP contribution is 2.67. The lowest BCUT2D eigenvalue weighted by Gasteiger charge is -2.59. The Hall–Kier alpha value is 1.46. The number of hydrogen-bond acceptors (Lipinski definition) is 0. The third-order valence-electron chi connectivity index (χ3n) is 10.4. The quantitative estimate of drug-likeness (QED) is 0.177. The summed E-state index contributed by atoms with van der Waals surface area (Å²) < 4.78 is 2.71. The van der Waals surface area contributed by atoms with Gasteiger partial charge in [-0.2, -0.15) is 0 Å². The Morgan fingerprint density at radius 3 is 2.28 bits per heavy atom. The van der Waals surface area contributed by atoms with Crippen LogP contribution in [0.1, 0.15) is 105 Å². The molecule has 0 aromatic carbocycles. The van der Waals surface area contributed by atoms with Crippen LogP contribution < -0.4 is 0 Å². The lowest BCUT2D eigenvalue weighted by molar-refractivity contribution is -0.101. The summed E-state index contributed by atoms with van der Waals surface area (Å²) in [6.45, 7) is 12.9. The van der Waals surface area contributed by atoms with Gasteiger partial charge >= 0.3 is 0 Å². The predicted molar refractivity (Wildman–Crippen MR) is 146 cm³/mol. The first-order valence-corrected chi connectivity index (χ1v) is 15.9. The molecule has 0 bridgehead atoms. The van der Waals surface area contributed by atoms with Crippen molar-refractivity contribution in [3.05, 3.63) is 0 Å². The van der Waals surface area contributed by atoms with Crippen molar-refractivity contribution in [3.8, 4) is 0 Å². The molecule has 3 rings (SSSR count). The zero-order valence-electron chi connectivity index (χ0n) is 20.0. The van der Waals surface area contributed by atoms with Gasteiger partial charge in [0.05, 0.1) is 0 Å². The second-order valence-corrected chi connectivity index (χ2v) is 14.3. The molecule has 0 saturated heterocycles. The number of hydrogen-bond donors (Lipinski definition) is 0. The molecular formula is C27H48I2. The SMILES string of the molecule is CC(C)CCC[C@@H](C)[C@H]1CC[C@@H]2[C@H]3CC[C@@H](CCI)[C@@](C)(CCI)[C@@H]3CC[C@@]21C. The van der Waals surface area contributed by atoms with E-state index < -0.39 is 0 Å². The Kier molecular flexibility index (Phi) is 9.17. The summed E-state index contributed by atoms with van der Waals surface area (Å²) in [5, 5.41) is 0. The van der Waals surface area contributed by atoms with Crippen LogP contribution in [0.4, 0.5) is 0 Å². The van der Waals surface area contributed by atoms with Gasteiger partial charge in [-0.1, -0.05) is 99.1 Å². The second kappa shape index (κ2) is 10.6. The fourth-order valence-corrected chi connectivity index (χ4v) is 10.7. The summed E-state index contributed by atoms with van der Waals surface area (Å²) >= 11 is 5.29. The van der Waals surface area contributed by atoms with Crippen molar-refractivity contribution < 1.29 is 0 Å². The molecule has 2 heteroatoms. The molecule has 0 radical (unpaired) electrons. The van der Waals surface area contributed by atoms with Crippen LogP contribution >= 0.6 is 45.2 Å². The average Bonchev–Trinajstić information content (AvgIpc) is 3.01. The first-order valence-electron chi connectivity index (χ1n) is 12.9. The topological polar surface area (TPSA) is 0 Å². The standard InChI is InChI=1S/C27H48I2/c1-19(2)7-6-8-20(3)23-11-12-24-22-10-9-21(14-17-28)26(4,16-18-29)25(22)13-15-27(23,24)5/h19-25H,6-18H2,1-5H3/t20-,21+,22-,23-,24-,25-,26-,27-/m1/s1. The highest BCUT2D eigenvalue weighted by molar-refractivity contribution is 14.1. The smallest absolute Gasteiger partial charge is 0.0000661 e. The van der Waals surface area contributed by atoms with E-state index in [4.69, 9.17) is 0 Å². The Bertz CT molecular complexity index is 517. The molecular weight excluding hydrogens is 578 g/mol. The summed E-state index contributed by atoms with van der Waals surface area (Å²) in [4.78, 5) is 0. The Morgan fingerprint density at radius 2 is 1.62 bits per heavy atom. The van der Waals surface area contributed by atoms with Crippen molar-refractivity contribution in [3.63, 3.8) is 0 Å². The minimum atomic E-state index is 0.623. The molecule has 8 atom stereocenters. The number of rotatable bonds is 9. The van der Waals surface area contributed by atoms with Gasteiger partial charge in [-0.05, 0) is 108 Å². The Balaban J connectivity index is 1.73. The van der Waals surface area contributed by atoms with E-state index in [0.717, 1.165) is 41.4 Å². The number of fused-ring (bicyclic) bond motifs is 3. The molecule has 0 aromatic heterocycles. The first-order chi connectivity index (χ1) is 13.8. The van der Waals surface area contributed by atoms with Gasteiger partial charge in [0, 0.05) is 4.43 Å². The molecule has 0 nitrogen and oxygen atoms in total. The van der Waals surface area contributed by atoms with Crippen molar-refractivity contribution in [1.29, 1.82) is 0 Å². The molecule has 0 heterocycles. The first kappa shape index (κ1) is 25.1. The van der Waals surface area contributed by atoms with E-state index in [-0.39, 0.29) is 0 Å². The predicted octanol–water partition coefficient (Wildman–Crippen LogP) is 9.57. The van der Waals surface area contributed by atoms with Gasteiger partial charge in [0.1, 0.15) is 0 Å². The molecule has 0 N–H and O–H groups in total. The zero-order valence-corrected chi connectivity index (χ0v) is 24.3. The fourth-order valence-electron chi connectivity index (χ4n) is 8.76. The lowest BCUT2D eigenvalue weighted by Crippen LogP contribution is -2.52. The molecule has 3 fully saturated rings. The molecule has 0 unspecified atom stereocenters. The highest BCUT2D eigenvalue weighted by atomic mass is 127. The van der Waals surface area contributed by atoms with Crippen LogP contribution in [0, 0.1) is 52.3 Å². The van der Waals surface area contributed by atoms with Crippen LogP contribution in [0.2, 0.25) is 0 Å². The van der Waals surface area contributed by atoms with E-state index in [0.29, 0.717) is 10.8 Å². The Labute approximate surface area is 210 Å². The third-order valence-corrected chi connectivity index (χ3v) is 11.5. The van der Waals surface area contributed by atoms with Crippen molar-refractivity contribution in [2.24, 2.45) is 52.3 Å². The van der Waals surface area contributed by atoms with Gasteiger partial charge in [-0.15, -0.1) is 0 Å². The normalized spacial score (nSPS) is 43.2. The van der Waals surface area contributed by atoms with Gasteiger partial charge in [-0.3, -0.25) is 0 Å². The van der Waals surface area contributed by atoms with Crippen molar-refractivity contribution >= 4 is 45.2 Å². The zero-order chi connectivity index (χ0) is 21.2. The van der Waals surface area contributed by atoms with E-state index >= 15 is 0 Å². The van der Waals surface area contributed by atoms with E-state index in [1.54, 1.807) is 12.8 Å². The minimum Gasteiger partial charge on any atom is -0.0864 e. The maximum atomic E-state index is 2.75. The molecule has 170 valence electrons. The van der Waals surface area contributed by atoms with Gasteiger partial charge in [0.2, 0.25) is 0 Å². The molecule has 3 aliphatic rings. The molecule has 0 aliphatic heterocycles. The molecule has 0 aromatic rings. The monoisotopic (exact) mass is 626 g/mol. The maximum Gasteiger partial charge on any atom is 0.0000661 e. The summed E-state index contributed by atoms with van der Waals surface area (Å²) in [5.41, 5.74) is 1.28. The fraction of sp³-hybridized carbons (Fsp3) is 1.00. The van der Waals surface area contributed by atoms with E-state index in [1.807, 2.05) is 0 Å². The minimum absolute atomic E-state index is 0.623. The van der Waals surface area contributed by atoms with Gasteiger partial charge < -0.3 is 0 Å². The third kappa shape index (κ3) is 5.03. The largest absolute Gasteiger partial charge is 0.0864 e. The van der Waals surface area contributed by atoms with E-state index in [2.05, 4.69) is 79.8 Å². The van der Waals surface area contributed by atoms with E-state index in [9.17, 15) is 0 Å². The summed E-state index contributed by atoms with van der Waals surface area (Å²) in [6.07, 6.45) is 16.5. The van der Waals surface area contributed by atoms with E-state index in [1.165, 1.54) is 66.6 Å². The van der Waals surface area contributed by atoms with Crippen LogP contribution in [-0.4, -0.2) is 8.86 Å². The van der Waals surface area contributed by atoms with Crippen LogP contribution in [0.25, 0.3) is 0 Å². The Morgan fingerprint density at radius 1 is 0.862 bits per heavy atom. The number of halogens is 2. The lowest BCUT2D eigenvalue weighted by atomic mass is 9.46. The number of alkyl halides is 2. The summed E-state index contributed by atoms with van der Waals surface area (Å²) in [5.74, 6) is 6.91. The summed E-state index contributed by atoms with van der Waals surface area (Å²) in [6, 6.07) is 0. The van der Waals surface area contributed by atoms with Gasteiger partial charge in [0.25, 0.3) is 0 Å². The van der Waals surface area contributed by atoms with Crippen molar-refractivity contribution in [2.45, 2.75) is 105 Å². The maximum absolute atomic E-state index is 2.75. The van der Waals surface area contributed by atoms with Crippen LogP contribution in [-0.2, 0) is 0 Å². The molecule has 29 heavy (non-hydrogen) atoms. The van der Waals surface area contributed by atoms with Crippen molar-refractivity contribution in [2.75, 3.05) is 8.86 Å². The molecule has 3 aliphatic carbocycles. The average molecular weight is 626 g/mol. The van der Waals surface area contributed by atoms with Crippen LogP contribution in [0.3, 0.4) is 0 Å². The van der Waals surface area contributed by atoms with Crippen molar-refractivity contribution in [1.82, 2.24) is 0 Å². The van der Waals surface area contributed by atoms with Gasteiger partial charge in [0.15, 0.2) is 0 Å². The van der Waals surface area contributed by atoms with Gasteiger partial charge in [-0.25, -0.2) is 0 Å². The molecule has 3 saturated carbocycles. The second-order valence-electron chi connectivity index (χ2n) is 12.1. The van der Waals surface area contributed by atoms with Crippen LogP contribution in [0.5, 0.6) is 0 Å². The molecule has 0 spiro atoms. The van der Waals surface area contributed by atoms with Crippen LogP contribution in [0.15, 0.2) is 0 Å². The highest BCUT2D eigenvalue weighted by Gasteiger charge is 2.59.